The van der Waals surface area contributed by atoms with E-state index in [2.05, 4.69) is 15.0 Å². The summed E-state index contributed by atoms with van der Waals surface area (Å²) < 4.78 is 161. The number of nitrogens with one attached hydrogen (secondary N) is 3. The molecule has 4 N–H and O–H groups in total. The smallest absolute Gasteiger partial charge is 0.337 e. The topological polar surface area (TPSA) is 133 Å². The number of H-pyrrole nitrogens is 3. The number of phenolic OH excluding ortho intramolecular Hbond substituents is 1. The second-order valence-electron chi connectivity index (χ2n) is 18.7. The molecule has 0 unspecified atom stereocenters. The van der Waals surface area contributed by atoms with Crippen LogP contribution in [0.5, 0.6) is 5.75 Å². The number of esters is 1. The first-order valence-electron chi connectivity index (χ1n) is 23.0. The summed E-state index contributed by atoms with van der Waals surface area (Å²) in [5.41, 5.74) is -3.57. The van der Waals surface area contributed by atoms with Gasteiger partial charge in [0.05, 0.1) is 63.2 Å². The van der Waals surface area contributed by atoms with E-state index >= 15 is 35.1 Å². The Labute approximate surface area is 422 Å². The van der Waals surface area contributed by atoms with Gasteiger partial charge in [0, 0.05) is 49.9 Å². The van der Waals surface area contributed by atoms with E-state index in [1.54, 1.807) is 30.3 Å². The second kappa shape index (κ2) is 18.0. The lowest BCUT2D eigenvalue weighted by molar-refractivity contribution is 0.0600. The first-order chi connectivity index (χ1) is 36.2. The van der Waals surface area contributed by atoms with Crippen LogP contribution in [0.3, 0.4) is 0 Å². The zero-order valence-electron chi connectivity index (χ0n) is 39.8. The number of aromatic amines is 3. The van der Waals surface area contributed by atoms with Crippen LogP contribution < -0.4 is 0 Å². The van der Waals surface area contributed by atoms with E-state index < -0.39 is 91.8 Å². The molecule has 9 aromatic rings. The minimum absolute atomic E-state index is 0.0267. The summed E-state index contributed by atoms with van der Waals surface area (Å²) in [6.07, 6.45) is 5.20. The molecular weight excluding hydrogens is 1010 g/mol. The number of hydrogen-bond acceptors (Lipinski definition) is 6. The molecule has 76 heavy (non-hydrogen) atoms. The number of rotatable bonds is 6. The number of halogens is 10. The van der Waals surface area contributed by atoms with Gasteiger partial charge in [0.2, 0.25) is 11.6 Å². The predicted molar refractivity (Wildman–Crippen MR) is 267 cm³/mol. The number of methoxy groups -OCH3 is 1. The quantitative estimate of drug-likeness (QED) is 0.0567. The lowest BCUT2D eigenvalue weighted by Crippen LogP contribution is -2.12. The van der Waals surface area contributed by atoms with Crippen LogP contribution in [0.15, 0.2) is 84.9 Å². The Morgan fingerprint density at radius 1 is 0.474 bits per heavy atom. The normalized spacial score (nSPS) is 12.3. The van der Waals surface area contributed by atoms with Gasteiger partial charge in [0.1, 0.15) is 11.6 Å². The standard InChI is InChI=1S/C57H34F10N6O3/c1-57(2,3)27-22-25(21-26(54(27)74)55-72-28-7-5-6-8-29(28)73-55)39-32-15-19-36(70-32)40(42-44(58)48(62)52(66)49(63)45(42)59)34-17-13-30(68-34)38(23-9-11-24(12-10-23)56(75)76-4)31-14-18-35(69-31)41(37-20-16-33(39)71-37)43-46(60)50(64)53(67)51(65)47(43)61/h5-22,68,71,74H,1-4H3,(H,72,73). The van der Waals surface area contributed by atoms with Gasteiger partial charge < -0.3 is 24.8 Å². The van der Waals surface area contributed by atoms with Gasteiger partial charge in [-0.05, 0) is 102 Å². The highest BCUT2D eigenvalue weighted by Gasteiger charge is 2.33. The number of carbonyl (C=O) groups is 1. The molecule has 9 nitrogen and oxygen atoms in total. The minimum atomic E-state index is -2.41. The van der Waals surface area contributed by atoms with Crippen LogP contribution in [0.25, 0.3) is 113 Å². The lowest BCUT2D eigenvalue weighted by Gasteiger charge is -2.23. The Bertz CT molecular complexity index is 4090. The SMILES string of the molecule is COC(=O)c1ccc(-c2c3nc(c(-c4c(F)c(F)c(F)c(F)c4F)c4ccc([nH]4)c(-c4cc(-c5nc6ccccc6[nH]5)c(O)c(C(C)(C)C)c4)c4nc(c(-c5c(F)c(F)c(F)c(F)c5F)c5ccc2[nH]5)C=C4)C=C3)cc1. The van der Waals surface area contributed by atoms with Gasteiger partial charge >= 0.3 is 5.97 Å². The highest BCUT2D eigenvalue weighted by molar-refractivity contribution is 6.01. The average molecular weight is 1040 g/mol. The van der Waals surface area contributed by atoms with Gasteiger partial charge in [0.25, 0.3) is 0 Å². The Morgan fingerprint density at radius 2 is 0.895 bits per heavy atom. The van der Waals surface area contributed by atoms with Crippen molar-refractivity contribution < 1.29 is 58.5 Å². The second-order valence-corrected chi connectivity index (χ2v) is 18.7. The van der Waals surface area contributed by atoms with Gasteiger partial charge in [-0.15, -0.1) is 0 Å². The van der Waals surface area contributed by atoms with Crippen molar-refractivity contribution in [2.75, 3.05) is 7.11 Å². The van der Waals surface area contributed by atoms with E-state index in [9.17, 15) is 18.7 Å². The summed E-state index contributed by atoms with van der Waals surface area (Å²) >= 11 is 0. The number of ether oxygens (including phenoxy) is 1. The number of benzene rings is 5. The molecule has 0 spiro atoms. The number of imidazole rings is 1. The first-order valence-corrected chi connectivity index (χ1v) is 23.0. The molecule has 0 saturated carbocycles. The van der Waals surface area contributed by atoms with Gasteiger partial charge in [-0.25, -0.2) is 63.7 Å². The number of hydrogen-bond donors (Lipinski definition) is 4. The maximum Gasteiger partial charge on any atom is 0.337 e. The molecule has 0 saturated heterocycles. The number of nitrogens with zero attached hydrogens (tertiary/aromatic N) is 3. The van der Waals surface area contributed by atoms with Crippen molar-refractivity contribution in [3.05, 3.63) is 177 Å². The van der Waals surface area contributed by atoms with Gasteiger partial charge in [-0.3, -0.25) is 0 Å². The fraction of sp³-hybridized carbons (Fsp3) is 0.0877. The number of phenols is 1. The molecule has 2 aliphatic heterocycles. The lowest BCUT2D eigenvalue weighted by atomic mass is 9.83. The molecule has 2 aliphatic rings. The molecule has 0 radical (unpaired) electrons. The third-order valence-corrected chi connectivity index (χ3v) is 13.1. The zero-order valence-corrected chi connectivity index (χ0v) is 39.8. The van der Waals surface area contributed by atoms with Crippen LogP contribution in [-0.4, -0.2) is 48.1 Å². The number of carbonyl (C=O) groups excluding carboxylic acids is 1. The summed E-state index contributed by atoms with van der Waals surface area (Å²) in [6.45, 7) is 5.43. The Hall–Kier alpha value is -9.26. The van der Waals surface area contributed by atoms with E-state index in [-0.39, 0.29) is 89.8 Å². The molecule has 19 heteroatoms. The van der Waals surface area contributed by atoms with Crippen molar-refractivity contribution in [1.29, 1.82) is 0 Å². The van der Waals surface area contributed by atoms with Crippen molar-refractivity contribution in [3.63, 3.8) is 0 Å². The summed E-state index contributed by atoms with van der Waals surface area (Å²) in [5, 5.41) is 12.0. The van der Waals surface area contributed by atoms with Gasteiger partial charge in [-0.1, -0.05) is 45.0 Å². The predicted octanol–water partition coefficient (Wildman–Crippen LogP) is 15.0. The van der Waals surface area contributed by atoms with Crippen molar-refractivity contribution in [2.24, 2.45) is 0 Å². The van der Waals surface area contributed by atoms with Crippen LogP contribution in [0.2, 0.25) is 0 Å². The fourth-order valence-corrected chi connectivity index (χ4v) is 9.49. The fourth-order valence-electron chi connectivity index (χ4n) is 9.49. The Kier molecular flexibility index (Phi) is 11.6. The molecule has 5 aromatic carbocycles. The third-order valence-electron chi connectivity index (χ3n) is 13.1. The van der Waals surface area contributed by atoms with E-state index in [0.29, 0.717) is 16.6 Å². The summed E-state index contributed by atoms with van der Waals surface area (Å²) in [4.78, 5) is 36.0. The maximum absolute atomic E-state index is 16.3. The first kappa shape index (κ1) is 49.0. The molecule has 0 atom stereocenters. The Balaban J connectivity index is 1.35. The van der Waals surface area contributed by atoms with Crippen LogP contribution in [0.4, 0.5) is 43.9 Å². The molecule has 4 aromatic heterocycles. The highest BCUT2D eigenvalue weighted by atomic mass is 19.2. The monoisotopic (exact) mass is 1040 g/mol. The van der Waals surface area contributed by atoms with E-state index in [0.717, 1.165) is 7.11 Å². The molecule has 380 valence electrons. The van der Waals surface area contributed by atoms with Gasteiger partial charge in [0.15, 0.2) is 46.5 Å². The molecule has 0 amide bonds. The van der Waals surface area contributed by atoms with Crippen molar-refractivity contribution in [2.45, 2.75) is 26.2 Å². The van der Waals surface area contributed by atoms with Crippen LogP contribution in [0, 0.1) is 58.2 Å². The van der Waals surface area contributed by atoms with E-state index in [1.807, 2.05) is 20.8 Å². The molecule has 6 heterocycles. The van der Waals surface area contributed by atoms with Crippen LogP contribution in [0.1, 0.15) is 59.5 Å². The van der Waals surface area contributed by atoms with Crippen molar-refractivity contribution in [3.8, 4) is 61.6 Å². The molecule has 0 aliphatic carbocycles. The largest absolute Gasteiger partial charge is 0.507 e. The highest BCUT2D eigenvalue weighted by Crippen LogP contribution is 2.46. The number of aromatic hydroxyl groups is 1. The van der Waals surface area contributed by atoms with Crippen molar-refractivity contribution in [1.82, 2.24) is 29.9 Å². The number of para-hydroxylation sites is 2. The zero-order chi connectivity index (χ0) is 53.8. The Morgan fingerprint density at radius 3 is 1.34 bits per heavy atom. The maximum atomic E-state index is 16.3. The summed E-state index contributed by atoms with van der Waals surface area (Å²) in [7, 11) is 1.16. The summed E-state index contributed by atoms with van der Waals surface area (Å²) in [6, 6.07) is 21.1. The molecule has 11 rings (SSSR count). The van der Waals surface area contributed by atoms with Crippen molar-refractivity contribution >= 4 is 63.4 Å². The number of fused-ring (bicyclic) bond motifs is 9. The third kappa shape index (κ3) is 7.79. The summed E-state index contributed by atoms with van der Waals surface area (Å²) in [5.74, 6) is -23.3. The van der Waals surface area contributed by atoms with E-state index in [1.165, 1.54) is 78.9 Å². The van der Waals surface area contributed by atoms with E-state index in [4.69, 9.17) is 19.7 Å². The average Bonchev–Trinajstić information content (AvgIpc) is 4.31. The molecule has 8 bridgehead atoms. The minimum Gasteiger partial charge on any atom is -0.507 e. The van der Waals surface area contributed by atoms with Crippen LogP contribution >= 0.6 is 0 Å². The number of aromatic nitrogens is 6. The van der Waals surface area contributed by atoms with Gasteiger partial charge in [-0.2, -0.15) is 0 Å². The molecular formula is C57H34F10N6O3. The van der Waals surface area contributed by atoms with Crippen LogP contribution in [-0.2, 0) is 10.2 Å². The molecule has 0 fully saturated rings.